The number of benzene rings is 19. The van der Waals surface area contributed by atoms with Gasteiger partial charge in [0.05, 0.1) is 5.39 Å². The number of fused-ring (bicyclic) bond motifs is 26. The van der Waals surface area contributed by atoms with E-state index in [4.69, 9.17) is 17.7 Å². The van der Waals surface area contributed by atoms with Crippen molar-refractivity contribution in [2.24, 2.45) is 0 Å². The zero-order chi connectivity index (χ0) is 70.4. The molecule has 0 aliphatic heterocycles. The number of hydrogen-bond donors (Lipinski definition) is 0. The van der Waals surface area contributed by atoms with Gasteiger partial charge in [-0.2, -0.15) is 0 Å². The SMILES string of the molecule is C1=c2oc3c4oc5ccccc5c4c4ccccc4c3c2=CC(c2cccc(-c3c4ccccc4c(-c4cccc5ccccc45)c4ccccc34)c2)C1c1cccc2c(-c3c4ccccc4c(-c4cccc(-c5ccc6oc7c(c6c5)c5ccccc5c5oc6ccccc6c57)c4)c4ccccc34)cccc12. The van der Waals surface area contributed by atoms with Gasteiger partial charge in [-0.15, -0.1) is 0 Å². The summed E-state index contributed by atoms with van der Waals surface area (Å²) < 4.78 is 27.8. The molecule has 500 valence electrons. The van der Waals surface area contributed by atoms with Crippen LogP contribution in [-0.4, -0.2) is 0 Å². The van der Waals surface area contributed by atoms with Crippen molar-refractivity contribution in [2.75, 3.05) is 0 Å². The van der Waals surface area contributed by atoms with Crippen molar-refractivity contribution in [3.63, 3.8) is 0 Å². The summed E-state index contributed by atoms with van der Waals surface area (Å²) in [6.45, 7) is 0. The van der Waals surface area contributed by atoms with Gasteiger partial charge < -0.3 is 17.7 Å². The molecule has 4 heteroatoms. The van der Waals surface area contributed by atoms with E-state index in [-0.39, 0.29) is 11.8 Å². The topological polar surface area (TPSA) is 52.6 Å². The van der Waals surface area contributed by atoms with Crippen LogP contribution in [0.25, 0.3) is 231 Å². The Labute approximate surface area is 617 Å². The largest absolute Gasteiger partial charge is 0.455 e. The zero-order valence-electron chi connectivity index (χ0n) is 58.3. The summed E-state index contributed by atoms with van der Waals surface area (Å²) in [5, 5.41) is 27.6. The van der Waals surface area contributed by atoms with Crippen molar-refractivity contribution in [2.45, 2.75) is 11.8 Å². The summed E-state index contributed by atoms with van der Waals surface area (Å²) in [5.74, 6) is -0.313. The molecular weight excluding hydrogens is 1310 g/mol. The number of furan rings is 4. The second kappa shape index (κ2) is 22.7. The highest BCUT2D eigenvalue weighted by Crippen LogP contribution is 2.52. The van der Waals surface area contributed by atoms with Crippen LogP contribution in [-0.2, 0) is 0 Å². The highest BCUT2D eigenvalue weighted by molar-refractivity contribution is 6.35. The van der Waals surface area contributed by atoms with Gasteiger partial charge in [0.15, 0.2) is 11.2 Å². The Kier molecular flexibility index (Phi) is 12.5. The fourth-order valence-electron chi connectivity index (χ4n) is 19.3. The van der Waals surface area contributed by atoms with Crippen LogP contribution in [0, 0.1) is 0 Å². The molecule has 0 amide bonds. The predicted molar refractivity (Wildman–Crippen MR) is 452 cm³/mol. The van der Waals surface area contributed by atoms with Crippen LogP contribution in [0.15, 0.2) is 357 Å². The summed E-state index contributed by atoms with van der Waals surface area (Å²) in [7, 11) is 0. The van der Waals surface area contributed by atoms with E-state index in [1.807, 2.05) is 12.1 Å². The summed E-state index contributed by atoms with van der Waals surface area (Å²) in [6.07, 6.45) is 4.97. The van der Waals surface area contributed by atoms with Crippen molar-refractivity contribution in [3.05, 3.63) is 361 Å². The van der Waals surface area contributed by atoms with Crippen LogP contribution in [0.1, 0.15) is 23.0 Å². The Morgan fingerprint density at radius 1 is 0.204 bits per heavy atom. The lowest BCUT2D eigenvalue weighted by molar-refractivity contribution is 0.559. The fourth-order valence-corrected chi connectivity index (χ4v) is 19.3. The van der Waals surface area contributed by atoms with E-state index in [9.17, 15) is 0 Å². The lowest BCUT2D eigenvalue weighted by Crippen LogP contribution is -2.29. The maximum absolute atomic E-state index is 7.40. The molecule has 0 radical (unpaired) electrons. The van der Waals surface area contributed by atoms with E-state index in [1.165, 1.54) is 115 Å². The molecule has 4 nitrogen and oxygen atoms in total. The molecule has 0 bridgehead atoms. The maximum Gasteiger partial charge on any atom is 0.179 e. The minimum absolute atomic E-state index is 0.142. The Morgan fingerprint density at radius 2 is 0.620 bits per heavy atom. The van der Waals surface area contributed by atoms with E-state index in [0.29, 0.717) is 0 Å². The summed E-state index contributed by atoms with van der Waals surface area (Å²) >= 11 is 0. The van der Waals surface area contributed by atoms with Gasteiger partial charge in [0.2, 0.25) is 0 Å². The predicted octanol–water partition coefficient (Wildman–Crippen LogP) is 27.8. The van der Waals surface area contributed by atoms with E-state index < -0.39 is 0 Å². The smallest absolute Gasteiger partial charge is 0.179 e. The van der Waals surface area contributed by atoms with Gasteiger partial charge in [-0.1, -0.05) is 315 Å². The van der Waals surface area contributed by atoms with Crippen molar-refractivity contribution < 1.29 is 17.7 Å². The van der Waals surface area contributed by atoms with Gasteiger partial charge in [0, 0.05) is 54.8 Å². The molecule has 4 heterocycles. The van der Waals surface area contributed by atoms with Crippen LogP contribution in [0.5, 0.6) is 0 Å². The molecule has 0 saturated heterocycles. The number of rotatable bonds is 7. The molecule has 0 N–H and O–H groups in total. The van der Waals surface area contributed by atoms with Crippen LogP contribution in [0.3, 0.4) is 0 Å². The third-order valence-electron chi connectivity index (χ3n) is 23.8. The molecule has 23 aromatic rings. The van der Waals surface area contributed by atoms with E-state index in [1.54, 1.807) is 0 Å². The molecule has 24 rings (SSSR count). The minimum atomic E-state index is -0.171. The number of hydrogen-bond acceptors (Lipinski definition) is 4. The molecule has 1 aliphatic rings. The third-order valence-corrected chi connectivity index (χ3v) is 23.8. The molecule has 0 fully saturated rings. The normalized spacial score (nSPS) is 14.1. The van der Waals surface area contributed by atoms with Crippen LogP contribution in [0.2, 0.25) is 0 Å². The van der Waals surface area contributed by atoms with E-state index >= 15 is 0 Å². The lowest BCUT2D eigenvalue weighted by atomic mass is 9.76. The molecule has 4 aromatic heterocycles. The fraction of sp³-hybridized carbons (Fsp3) is 0.0192. The zero-order valence-corrected chi connectivity index (χ0v) is 58.3. The third kappa shape index (κ3) is 8.45. The monoisotopic (exact) mass is 1370 g/mol. The highest BCUT2D eigenvalue weighted by Gasteiger charge is 2.32. The Hall–Kier alpha value is -14.1. The van der Waals surface area contributed by atoms with Gasteiger partial charge in [0.1, 0.15) is 33.3 Å². The molecular formula is C104H60O4. The molecule has 0 spiro atoms. The maximum atomic E-state index is 7.40. The first-order valence-electron chi connectivity index (χ1n) is 37.3. The van der Waals surface area contributed by atoms with E-state index in [0.717, 1.165) is 126 Å². The second-order valence-electron chi connectivity index (χ2n) is 29.3. The number of para-hydroxylation sites is 2. The van der Waals surface area contributed by atoms with Crippen molar-refractivity contribution >= 4 is 175 Å². The Bertz CT molecular complexity index is 7910. The first-order chi connectivity index (χ1) is 53.6. The Morgan fingerprint density at radius 3 is 1.28 bits per heavy atom. The van der Waals surface area contributed by atoms with Crippen LogP contribution < -0.4 is 10.6 Å². The van der Waals surface area contributed by atoms with Gasteiger partial charge in [-0.25, -0.2) is 0 Å². The molecule has 1 aliphatic carbocycles. The molecule has 2 atom stereocenters. The lowest BCUT2D eigenvalue weighted by Gasteiger charge is -2.27. The van der Waals surface area contributed by atoms with Gasteiger partial charge in [-0.05, 0) is 184 Å². The van der Waals surface area contributed by atoms with Gasteiger partial charge >= 0.3 is 0 Å². The molecule has 0 saturated carbocycles. The van der Waals surface area contributed by atoms with E-state index in [2.05, 4.69) is 340 Å². The molecule has 108 heavy (non-hydrogen) atoms. The average Bonchev–Trinajstić information content (AvgIpc) is 1.49. The summed E-state index contributed by atoms with van der Waals surface area (Å²) in [6, 6.07) is 125. The van der Waals surface area contributed by atoms with Crippen LogP contribution >= 0.6 is 0 Å². The van der Waals surface area contributed by atoms with Crippen molar-refractivity contribution in [3.8, 4) is 55.6 Å². The quantitative estimate of drug-likeness (QED) is 0.149. The highest BCUT2D eigenvalue weighted by atomic mass is 16.4. The summed E-state index contributed by atoms with van der Waals surface area (Å²) in [4.78, 5) is 0. The minimum Gasteiger partial charge on any atom is -0.455 e. The van der Waals surface area contributed by atoms with Gasteiger partial charge in [0.25, 0.3) is 0 Å². The molecule has 2 unspecified atom stereocenters. The second-order valence-corrected chi connectivity index (χ2v) is 29.3. The van der Waals surface area contributed by atoms with Crippen molar-refractivity contribution in [1.82, 2.24) is 0 Å². The van der Waals surface area contributed by atoms with Crippen LogP contribution in [0.4, 0.5) is 0 Å². The standard InChI is InChI=1S/C104H60O4/c1-2-30-65-59(24-1)25-21-48-69(65)95-75-35-7-3-31-71(75)94(72-32-4-8-36-76(72)95)64-29-20-27-62(55-64)85-57-88-92(108-104-99(88)80-40-12-11-39-79(80)97-83-43-15-17-50-89(83)107-103(97)104)58-86(85)68-47-22-46-67-66(68)45-23-49-70(67)96-77-37-9-5-33-73(77)93(74-34-6-10-38-78(74)96)63-28-19-26-60(54-63)61-52-53-91-87(56-61)98-81-41-13-14-42-82(81)101-100(102(98)106-91)84-44-16-18-51-90(84)105-101/h1-58,85-86H. The molecule has 19 aromatic carbocycles. The average molecular weight is 1370 g/mol. The van der Waals surface area contributed by atoms with Gasteiger partial charge in [-0.3, -0.25) is 0 Å². The first kappa shape index (κ1) is 59.3. The first-order valence-corrected chi connectivity index (χ1v) is 37.3. The Balaban J connectivity index is 0.692. The van der Waals surface area contributed by atoms with Crippen molar-refractivity contribution in [1.29, 1.82) is 0 Å². The summed E-state index contributed by atoms with van der Waals surface area (Å²) in [5.41, 5.74) is 21.0.